The van der Waals surface area contributed by atoms with Crippen molar-refractivity contribution in [3.63, 3.8) is 0 Å². The van der Waals surface area contributed by atoms with Crippen LogP contribution >= 0.6 is 0 Å². The average Bonchev–Trinajstić information content (AvgIpc) is 2.58. The van der Waals surface area contributed by atoms with E-state index in [0.717, 1.165) is 22.8 Å². The summed E-state index contributed by atoms with van der Waals surface area (Å²) in [5, 5.41) is 26.6. The van der Waals surface area contributed by atoms with Gasteiger partial charge in [0, 0.05) is 12.1 Å². The Labute approximate surface area is 146 Å². The Morgan fingerprint density at radius 3 is 2.65 bits per heavy atom. The molecule has 134 valence electrons. The van der Waals surface area contributed by atoms with Crippen LogP contribution in [0.3, 0.4) is 0 Å². The molecular weight excluding hydrogens is 349 g/mol. The van der Waals surface area contributed by atoms with Gasteiger partial charge in [-0.25, -0.2) is 0 Å². The Morgan fingerprint density at radius 1 is 1.38 bits per heavy atom. The number of benzene rings is 1. The fourth-order valence-electron chi connectivity index (χ4n) is 2.21. The Balaban J connectivity index is 2.58. The highest BCUT2D eigenvalue weighted by molar-refractivity contribution is 5.57. The van der Waals surface area contributed by atoms with Gasteiger partial charge in [-0.2, -0.15) is 23.5 Å². The fraction of sp³-hybridized carbons (Fsp3) is 0.176. The summed E-state index contributed by atoms with van der Waals surface area (Å²) in [5.41, 5.74) is -2.11. The highest BCUT2D eigenvalue weighted by Gasteiger charge is 2.30. The molecule has 9 heteroatoms. The molecule has 6 nitrogen and oxygen atoms in total. The number of alkyl halides is 3. The number of aromatic hydroxyl groups is 1. The molecule has 26 heavy (non-hydrogen) atoms. The van der Waals surface area contributed by atoms with Crippen molar-refractivity contribution in [3.05, 3.63) is 64.0 Å². The molecule has 0 spiro atoms. The van der Waals surface area contributed by atoms with E-state index in [2.05, 4.69) is 16.8 Å². The van der Waals surface area contributed by atoms with Crippen LogP contribution in [0.2, 0.25) is 0 Å². The summed E-state index contributed by atoms with van der Waals surface area (Å²) in [7, 11) is 0. The van der Waals surface area contributed by atoms with Crippen molar-refractivity contribution in [1.29, 1.82) is 5.26 Å². The number of hydrogen-bond acceptors (Lipinski definition) is 5. The summed E-state index contributed by atoms with van der Waals surface area (Å²) in [4.78, 5) is 12.4. The van der Waals surface area contributed by atoms with Crippen LogP contribution < -0.4 is 5.56 Å². The second-order valence-corrected chi connectivity index (χ2v) is 5.24. The van der Waals surface area contributed by atoms with E-state index in [1.807, 2.05) is 0 Å². The predicted octanol–water partition coefficient (Wildman–Crippen LogP) is 4.35. The molecule has 0 fully saturated rings. The van der Waals surface area contributed by atoms with Crippen LogP contribution in [0.25, 0.3) is 0 Å². The first-order chi connectivity index (χ1) is 12.2. The molecule has 1 N–H and O–H groups in total. The summed E-state index contributed by atoms with van der Waals surface area (Å²) in [6.45, 7) is 4.77. The highest BCUT2D eigenvalue weighted by Crippen LogP contribution is 2.32. The zero-order valence-corrected chi connectivity index (χ0v) is 13.6. The van der Waals surface area contributed by atoms with Crippen LogP contribution in [0.4, 0.5) is 24.5 Å². The molecule has 2 rings (SSSR count). The Morgan fingerprint density at radius 2 is 2.08 bits per heavy atom. The largest absolute Gasteiger partial charge is 0.493 e. The summed E-state index contributed by atoms with van der Waals surface area (Å²) < 4.78 is 39.1. The van der Waals surface area contributed by atoms with Gasteiger partial charge in [0.2, 0.25) is 5.88 Å². The Bertz CT molecular complexity index is 985. The first-order valence-corrected chi connectivity index (χ1v) is 7.27. The van der Waals surface area contributed by atoms with Crippen molar-refractivity contribution in [2.24, 2.45) is 10.2 Å². The normalized spacial score (nSPS) is 11.5. The molecule has 0 amide bonds. The molecule has 1 aromatic heterocycles. The average molecular weight is 362 g/mol. The van der Waals surface area contributed by atoms with Crippen LogP contribution in [0.1, 0.15) is 16.7 Å². The smallest absolute Gasteiger partial charge is 0.416 e. The predicted molar refractivity (Wildman–Crippen MR) is 87.6 cm³/mol. The summed E-state index contributed by atoms with van der Waals surface area (Å²) in [6.07, 6.45) is -3.20. The number of halogens is 3. The van der Waals surface area contributed by atoms with Crippen molar-refractivity contribution in [1.82, 2.24) is 4.57 Å². The van der Waals surface area contributed by atoms with Crippen molar-refractivity contribution in [2.45, 2.75) is 19.6 Å². The molecule has 0 saturated carbocycles. The number of pyridine rings is 1. The molecule has 0 radical (unpaired) electrons. The molecule has 0 bridgehead atoms. The second kappa shape index (κ2) is 7.23. The minimum Gasteiger partial charge on any atom is -0.493 e. The van der Waals surface area contributed by atoms with Gasteiger partial charge in [-0.3, -0.25) is 9.36 Å². The maximum absolute atomic E-state index is 12.7. The van der Waals surface area contributed by atoms with Gasteiger partial charge in [0.05, 0.1) is 11.3 Å². The van der Waals surface area contributed by atoms with Crippen LogP contribution in [0.15, 0.2) is 51.9 Å². The van der Waals surface area contributed by atoms with Crippen LogP contribution in [0, 0.1) is 18.3 Å². The van der Waals surface area contributed by atoms with E-state index in [1.54, 1.807) is 6.07 Å². The van der Waals surface area contributed by atoms with Gasteiger partial charge in [0.1, 0.15) is 11.6 Å². The topological polar surface area (TPSA) is 90.7 Å². The number of rotatable bonds is 4. The van der Waals surface area contributed by atoms with Crippen molar-refractivity contribution in [3.8, 4) is 11.9 Å². The lowest BCUT2D eigenvalue weighted by Crippen LogP contribution is -2.21. The van der Waals surface area contributed by atoms with E-state index < -0.39 is 23.2 Å². The second-order valence-electron chi connectivity index (χ2n) is 5.24. The molecule has 2 aromatic rings. The van der Waals surface area contributed by atoms with E-state index in [4.69, 9.17) is 5.26 Å². The van der Waals surface area contributed by atoms with Gasteiger partial charge < -0.3 is 5.11 Å². The number of allylic oxidation sites excluding steroid dienone is 1. The monoisotopic (exact) mass is 362 g/mol. The highest BCUT2D eigenvalue weighted by atomic mass is 19.4. The zero-order valence-electron chi connectivity index (χ0n) is 13.6. The molecular formula is C17H13F3N4O2. The van der Waals surface area contributed by atoms with E-state index in [0.29, 0.717) is 0 Å². The van der Waals surface area contributed by atoms with Gasteiger partial charge in [-0.05, 0) is 25.1 Å². The first kappa shape index (κ1) is 18.9. The SMILES string of the molecule is C=CCn1c(O)c(C#N)c(C)c(N=Nc2cccc(C(F)(F)F)c2)c1=O. The zero-order chi connectivity index (χ0) is 19.5. The maximum atomic E-state index is 12.7. The lowest BCUT2D eigenvalue weighted by Gasteiger charge is -2.11. The molecule has 0 aliphatic carbocycles. The van der Waals surface area contributed by atoms with Crippen molar-refractivity contribution in [2.75, 3.05) is 0 Å². The van der Waals surface area contributed by atoms with Gasteiger partial charge in [0.25, 0.3) is 5.56 Å². The van der Waals surface area contributed by atoms with Crippen LogP contribution in [0.5, 0.6) is 5.88 Å². The molecule has 1 heterocycles. The first-order valence-electron chi connectivity index (χ1n) is 7.27. The molecule has 0 atom stereocenters. The summed E-state index contributed by atoms with van der Waals surface area (Å²) in [5.74, 6) is -0.534. The number of azo groups is 1. The van der Waals surface area contributed by atoms with Crippen molar-refractivity contribution < 1.29 is 18.3 Å². The lowest BCUT2D eigenvalue weighted by molar-refractivity contribution is -0.137. The fourth-order valence-corrected chi connectivity index (χ4v) is 2.21. The van der Waals surface area contributed by atoms with E-state index in [-0.39, 0.29) is 29.0 Å². The minimum absolute atomic E-state index is 0.0750. The van der Waals surface area contributed by atoms with Crippen molar-refractivity contribution >= 4 is 11.4 Å². The third kappa shape index (κ3) is 3.64. The Kier molecular flexibility index (Phi) is 5.26. The van der Waals surface area contributed by atoms with Gasteiger partial charge >= 0.3 is 6.18 Å². The minimum atomic E-state index is -4.54. The molecule has 1 aromatic carbocycles. The van der Waals surface area contributed by atoms with Gasteiger partial charge in [0.15, 0.2) is 5.69 Å². The summed E-state index contributed by atoms with van der Waals surface area (Å²) in [6, 6.07) is 5.89. The molecule has 0 aliphatic rings. The number of nitriles is 1. The lowest BCUT2D eigenvalue weighted by atomic mass is 10.1. The number of nitrogens with zero attached hydrogens (tertiary/aromatic N) is 4. The van der Waals surface area contributed by atoms with E-state index in [9.17, 15) is 23.1 Å². The molecule has 0 aliphatic heterocycles. The Hall–Kier alpha value is -3.41. The standard InChI is InChI=1S/C17H13F3N4O2/c1-3-7-24-15(25)13(9-21)10(2)14(16(24)26)23-22-12-6-4-5-11(8-12)17(18,19)20/h3-6,8,25H,1,7H2,2H3. The summed E-state index contributed by atoms with van der Waals surface area (Å²) >= 11 is 0. The van der Waals surface area contributed by atoms with Gasteiger partial charge in [-0.1, -0.05) is 12.1 Å². The van der Waals surface area contributed by atoms with Gasteiger partial charge in [-0.15, -0.1) is 11.7 Å². The quantitative estimate of drug-likeness (QED) is 0.647. The van der Waals surface area contributed by atoms with E-state index in [1.165, 1.54) is 19.1 Å². The third-order valence-corrected chi connectivity index (χ3v) is 3.52. The van der Waals surface area contributed by atoms with Crippen LogP contribution in [-0.2, 0) is 12.7 Å². The number of aromatic nitrogens is 1. The molecule has 0 saturated heterocycles. The maximum Gasteiger partial charge on any atom is 0.416 e. The number of hydrogen-bond donors (Lipinski definition) is 1. The molecule has 0 unspecified atom stereocenters. The third-order valence-electron chi connectivity index (χ3n) is 3.52. The van der Waals surface area contributed by atoms with Crippen LogP contribution in [-0.4, -0.2) is 9.67 Å². The van der Waals surface area contributed by atoms with E-state index >= 15 is 0 Å².